The summed E-state index contributed by atoms with van der Waals surface area (Å²) in [4.78, 5) is 30.0. The first-order valence-electron chi connectivity index (χ1n) is 7.70. The molecule has 6 heteroatoms. The number of carbonyl (C=O) groups is 1. The van der Waals surface area contributed by atoms with Crippen LogP contribution in [0, 0.1) is 0 Å². The number of rotatable bonds is 4. The number of aromatic amines is 1. The molecule has 3 rings (SSSR count). The van der Waals surface area contributed by atoms with E-state index >= 15 is 0 Å². The number of benzene rings is 2. The molecule has 3 aromatic rings. The maximum atomic E-state index is 12.2. The third-order valence-corrected chi connectivity index (χ3v) is 4.14. The summed E-state index contributed by atoms with van der Waals surface area (Å²) in [5, 5.41) is 11.5. The molecule has 0 radical (unpaired) electrons. The quantitative estimate of drug-likeness (QED) is 0.781. The number of hydrogen-bond donors (Lipinski definition) is 1. The fraction of sp³-hybridized carbons (Fsp3) is 0.105. The van der Waals surface area contributed by atoms with Crippen LogP contribution in [-0.2, 0) is 6.42 Å². The molecule has 5 nitrogen and oxygen atoms in total. The molecule has 1 heterocycles. The van der Waals surface area contributed by atoms with Gasteiger partial charge in [-0.2, -0.15) is 0 Å². The summed E-state index contributed by atoms with van der Waals surface area (Å²) in [6.45, 7) is 2.07. The number of halogens is 1. The Bertz CT molecular complexity index is 1040. The van der Waals surface area contributed by atoms with Gasteiger partial charge in [-0.1, -0.05) is 48.9 Å². The summed E-state index contributed by atoms with van der Waals surface area (Å²) in [5.74, 6) is -1.16. The summed E-state index contributed by atoms with van der Waals surface area (Å²) in [7, 11) is 0. The fourth-order valence-corrected chi connectivity index (χ4v) is 2.66. The Labute approximate surface area is 148 Å². The van der Waals surface area contributed by atoms with E-state index in [1.807, 2.05) is 24.3 Å². The minimum atomic E-state index is -1.33. The Morgan fingerprint density at radius 2 is 1.96 bits per heavy atom. The van der Waals surface area contributed by atoms with Crippen molar-refractivity contribution in [2.75, 3.05) is 0 Å². The molecule has 0 bridgehead atoms. The number of aryl methyl sites for hydroxylation is 1. The normalized spacial score (nSPS) is 11.7. The van der Waals surface area contributed by atoms with Gasteiger partial charge in [-0.25, -0.2) is 4.98 Å². The minimum absolute atomic E-state index is 0.0493. The van der Waals surface area contributed by atoms with Crippen LogP contribution in [0.1, 0.15) is 34.2 Å². The SMILES string of the molecule is CCc1ccc(/C=C(\Cl)c2nc3cc(C(=O)[O-])ccc3c(=O)[nH]2)cc1. The maximum absolute atomic E-state index is 12.2. The highest BCUT2D eigenvalue weighted by Crippen LogP contribution is 2.20. The zero-order valence-electron chi connectivity index (χ0n) is 13.4. The van der Waals surface area contributed by atoms with Crippen LogP contribution in [-0.4, -0.2) is 15.9 Å². The molecule has 0 aliphatic heterocycles. The number of carboxylic acid groups (broad SMARTS) is 1. The van der Waals surface area contributed by atoms with E-state index in [9.17, 15) is 14.7 Å². The van der Waals surface area contributed by atoms with Gasteiger partial charge in [-0.15, -0.1) is 0 Å². The van der Waals surface area contributed by atoms with Crippen LogP contribution >= 0.6 is 11.6 Å². The van der Waals surface area contributed by atoms with Crippen LogP contribution in [0.15, 0.2) is 47.3 Å². The van der Waals surface area contributed by atoms with Crippen LogP contribution in [0.25, 0.3) is 22.0 Å². The lowest BCUT2D eigenvalue weighted by molar-refractivity contribution is -0.255. The maximum Gasteiger partial charge on any atom is 0.259 e. The Hall–Kier alpha value is -2.92. The molecule has 0 spiro atoms. The average Bonchev–Trinajstić information content (AvgIpc) is 2.61. The number of fused-ring (bicyclic) bond motifs is 1. The van der Waals surface area contributed by atoms with Crippen molar-refractivity contribution in [3.63, 3.8) is 0 Å². The van der Waals surface area contributed by atoms with Crippen LogP contribution in [0.2, 0.25) is 0 Å². The molecule has 0 unspecified atom stereocenters. The van der Waals surface area contributed by atoms with Gasteiger partial charge in [0.2, 0.25) is 0 Å². The third-order valence-electron chi connectivity index (χ3n) is 3.85. The number of hydrogen-bond acceptors (Lipinski definition) is 4. The van der Waals surface area contributed by atoms with Gasteiger partial charge in [0, 0.05) is 0 Å². The van der Waals surface area contributed by atoms with Crippen molar-refractivity contribution in [3.05, 3.63) is 75.3 Å². The number of nitrogens with one attached hydrogen (secondary N) is 1. The van der Waals surface area contributed by atoms with Crippen LogP contribution in [0.3, 0.4) is 0 Å². The second kappa shape index (κ2) is 6.91. The predicted molar refractivity (Wildman–Crippen MR) is 96.2 cm³/mol. The Balaban J connectivity index is 2.05. The molecular formula is C19H14ClN2O3-. The molecule has 126 valence electrons. The minimum Gasteiger partial charge on any atom is -0.545 e. The second-order valence-electron chi connectivity index (χ2n) is 5.52. The summed E-state index contributed by atoms with van der Waals surface area (Å²) >= 11 is 6.29. The number of aromatic carboxylic acids is 1. The number of carboxylic acids is 1. The zero-order valence-corrected chi connectivity index (χ0v) is 14.1. The summed E-state index contributed by atoms with van der Waals surface area (Å²) in [6.07, 6.45) is 2.63. The lowest BCUT2D eigenvalue weighted by Crippen LogP contribution is -2.22. The van der Waals surface area contributed by atoms with Gasteiger partial charge in [0.25, 0.3) is 5.56 Å². The predicted octanol–water partition coefficient (Wildman–Crippen LogP) is 2.59. The molecule has 2 aromatic carbocycles. The van der Waals surface area contributed by atoms with E-state index in [-0.39, 0.29) is 27.3 Å². The summed E-state index contributed by atoms with van der Waals surface area (Å²) in [6, 6.07) is 11.8. The van der Waals surface area contributed by atoms with Gasteiger partial charge in [0.1, 0.15) is 0 Å². The third kappa shape index (κ3) is 3.61. The lowest BCUT2D eigenvalue weighted by atomic mass is 10.1. The molecule has 0 saturated carbocycles. The number of aromatic nitrogens is 2. The van der Waals surface area contributed by atoms with E-state index in [2.05, 4.69) is 16.9 Å². The summed E-state index contributed by atoms with van der Waals surface area (Å²) < 4.78 is 0. The second-order valence-corrected chi connectivity index (χ2v) is 5.93. The molecule has 0 aliphatic carbocycles. The topological polar surface area (TPSA) is 85.9 Å². The molecule has 0 saturated heterocycles. The Morgan fingerprint density at radius 3 is 2.60 bits per heavy atom. The van der Waals surface area contributed by atoms with Crippen molar-refractivity contribution in [1.29, 1.82) is 0 Å². The number of carbonyl (C=O) groups excluding carboxylic acids is 1. The van der Waals surface area contributed by atoms with Crippen LogP contribution in [0.5, 0.6) is 0 Å². The molecule has 1 aromatic heterocycles. The first kappa shape index (κ1) is 16.9. The molecule has 25 heavy (non-hydrogen) atoms. The molecule has 0 aliphatic rings. The number of nitrogens with zero attached hydrogens (tertiary/aromatic N) is 1. The van der Waals surface area contributed by atoms with E-state index in [1.165, 1.54) is 23.8 Å². The van der Waals surface area contributed by atoms with E-state index in [1.54, 1.807) is 6.08 Å². The Kier molecular flexibility index (Phi) is 4.67. The zero-order chi connectivity index (χ0) is 18.0. The molecule has 1 N–H and O–H groups in total. The summed E-state index contributed by atoms with van der Waals surface area (Å²) in [5.41, 5.74) is 1.88. The van der Waals surface area contributed by atoms with Crippen molar-refractivity contribution < 1.29 is 9.90 Å². The van der Waals surface area contributed by atoms with E-state index < -0.39 is 11.5 Å². The molecule has 0 atom stereocenters. The fourth-order valence-electron chi connectivity index (χ4n) is 2.44. The highest BCUT2D eigenvalue weighted by atomic mass is 35.5. The van der Waals surface area contributed by atoms with E-state index in [0.29, 0.717) is 0 Å². The lowest BCUT2D eigenvalue weighted by Gasteiger charge is -2.06. The smallest absolute Gasteiger partial charge is 0.259 e. The highest BCUT2D eigenvalue weighted by Gasteiger charge is 2.08. The van der Waals surface area contributed by atoms with E-state index in [4.69, 9.17) is 11.6 Å². The monoisotopic (exact) mass is 353 g/mol. The Morgan fingerprint density at radius 1 is 1.24 bits per heavy atom. The van der Waals surface area contributed by atoms with Gasteiger partial charge in [0.05, 0.1) is 21.9 Å². The van der Waals surface area contributed by atoms with Crippen molar-refractivity contribution in [1.82, 2.24) is 9.97 Å². The molecular weight excluding hydrogens is 340 g/mol. The van der Waals surface area contributed by atoms with Gasteiger partial charge in [-0.3, -0.25) is 4.79 Å². The van der Waals surface area contributed by atoms with Crippen LogP contribution in [0.4, 0.5) is 0 Å². The van der Waals surface area contributed by atoms with Crippen LogP contribution < -0.4 is 10.7 Å². The van der Waals surface area contributed by atoms with Crippen molar-refractivity contribution in [2.24, 2.45) is 0 Å². The molecule has 0 fully saturated rings. The largest absolute Gasteiger partial charge is 0.545 e. The van der Waals surface area contributed by atoms with Gasteiger partial charge >= 0.3 is 0 Å². The molecule has 0 amide bonds. The first-order valence-corrected chi connectivity index (χ1v) is 8.07. The first-order chi connectivity index (χ1) is 12.0. The number of H-pyrrole nitrogens is 1. The van der Waals surface area contributed by atoms with Gasteiger partial charge < -0.3 is 14.9 Å². The van der Waals surface area contributed by atoms with Crippen molar-refractivity contribution >= 4 is 39.6 Å². The van der Waals surface area contributed by atoms with E-state index in [0.717, 1.165) is 12.0 Å². The standard InChI is InChI=1S/C19H15ClN2O3/c1-2-11-3-5-12(6-4-11)9-15(20)17-21-16-10-13(19(24)25)7-8-14(16)18(23)22-17/h3-10H,2H2,1H3,(H,24,25)(H,21,22,23)/p-1/b15-9-. The van der Waals surface area contributed by atoms with Gasteiger partial charge in [-0.05, 0) is 41.3 Å². The highest BCUT2D eigenvalue weighted by molar-refractivity contribution is 6.50. The average molecular weight is 354 g/mol. The van der Waals surface area contributed by atoms with Crippen molar-refractivity contribution in [2.45, 2.75) is 13.3 Å². The van der Waals surface area contributed by atoms with Gasteiger partial charge in [0.15, 0.2) is 5.82 Å². The van der Waals surface area contributed by atoms with Crippen molar-refractivity contribution in [3.8, 4) is 0 Å².